The largest absolute Gasteiger partial charge is 0.339 e. The predicted octanol–water partition coefficient (Wildman–Crippen LogP) is 0.675. The van der Waals surface area contributed by atoms with E-state index < -0.39 is 8.96 Å². The molecule has 0 aromatic rings. The third-order valence-corrected chi connectivity index (χ3v) is 3.29. The first kappa shape index (κ1) is 6.92. The summed E-state index contributed by atoms with van der Waals surface area (Å²) in [6.45, 7) is 5.89. The van der Waals surface area contributed by atoms with E-state index in [1.807, 2.05) is 7.05 Å². The maximum absolute atomic E-state index is 3.70. The van der Waals surface area contributed by atoms with Crippen molar-refractivity contribution in [2.75, 3.05) is 7.05 Å². The molecule has 0 aromatic carbocycles. The standard InChI is InChI=1S/C5H13NSi/c1-4-7(5-2)6-3/h4,6-7H,1,5H2,2-3H3. The van der Waals surface area contributed by atoms with E-state index in [1.165, 1.54) is 6.04 Å². The van der Waals surface area contributed by atoms with Crippen molar-refractivity contribution in [2.45, 2.75) is 13.0 Å². The van der Waals surface area contributed by atoms with E-state index >= 15 is 0 Å². The molecule has 7 heavy (non-hydrogen) atoms. The highest BCUT2D eigenvalue weighted by molar-refractivity contribution is 6.61. The monoisotopic (exact) mass is 115 g/mol. The molecule has 0 heterocycles. The predicted molar refractivity (Wildman–Crippen MR) is 36.9 cm³/mol. The Hall–Kier alpha value is -0.0831. The van der Waals surface area contributed by atoms with Crippen LogP contribution in [-0.2, 0) is 0 Å². The molecular weight excluding hydrogens is 102 g/mol. The van der Waals surface area contributed by atoms with Crippen molar-refractivity contribution in [1.82, 2.24) is 4.98 Å². The van der Waals surface area contributed by atoms with Crippen LogP contribution in [-0.4, -0.2) is 16.0 Å². The summed E-state index contributed by atoms with van der Waals surface area (Å²) in [7, 11) is 1.34. The molecule has 2 heteroatoms. The molecule has 0 fully saturated rings. The van der Waals surface area contributed by atoms with E-state index in [9.17, 15) is 0 Å². The van der Waals surface area contributed by atoms with Gasteiger partial charge in [0.15, 0.2) is 0 Å². The summed E-state index contributed by atoms with van der Waals surface area (Å²) in [5, 5.41) is 0. The minimum atomic E-state index is -0.657. The van der Waals surface area contributed by atoms with Crippen LogP contribution in [0.5, 0.6) is 0 Å². The van der Waals surface area contributed by atoms with Gasteiger partial charge in [0.2, 0.25) is 0 Å². The summed E-state index contributed by atoms with van der Waals surface area (Å²) in [5.41, 5.74) is 2.06. The van der Waals surface area contributed by atoms with Crippen LogP contribution in [0.15, 0.2) is 12.3 Å². The second-order valence-electron chi connectivity index (χ2n) is 1.54. The minimum absolute atomic E-state index is 0.657. The van der Waals surface area contributed by atoms with Gasteiger partial charge in [0.25, 0.3) is 0 Å². The number of hydrogen-bond donors (Lipinski definition) is 1. The third-order valence-electron chi connectivity index (χ3n) is 1.10. The zero-order valence-corrected chi connectivity index (χ0v) is 6.22. The van der Waals surface area contributed by atoms with Gasteiger partial charge in [-0.3, -0.25) is 0 Å². The Balaban J connectivity index is 3.16. The summed E-state index contributed by atoms with van der Waals surface area (Å²) in [6, 6.07) is 1.26. The van der Waals surface area contributed by atoms with Crippen molar-refractivity contribution >= 4 is 8.96 Å². The van der Waals surface area contributed by atoms with Crippen LogP contribution in [0, 0.1) is 0 Å². The van der Waals surface area contributed by atoms with Crippen molar-refractivity contribution in [2.24, 2.45) is 0 Å². The van der Waals surface area contributed by atoms with Crippen molar-refractivity contribution < 1.29 is 0 Å². The highest BCUT2D eigenvalue weighted by Crippen LogP contribution is 1.83. The third kappa shape index (κ3) is 2.59. The fourth-order valence-electron chi connectivity index (χ4n) is 0.489. The second kappa shape index (κ2) is 4.09. The first-order chi connectivity index (χ1) is 3.35. The van der Waals surface area contributed by atoms with Crippen LogP contribution in [0.2, 0.25) is 6.04 Å². The summed E-state index contributed by atoms with van der Waals surface area (Å²) in [4.78, 5) is 3.22. The Morgan fingerprint density at radius 2 is 2.43 bits per heavy atom. The lowest BCUT2D eigenvalue weighted by molar-refractivity contribution is 1.18. The van der Waals surface area contributed by atoms with Crippen LogP contribution < -0.4 is 4.98 Å². The molecule has 0 aliphatic rings. The Labute approximate surface area is 47.1 Å². The lowest BCUT2D eigenvalue weighted by Gasteiger charge is -2.01. The fourth-order valence-corrected chi connectivity index (χ4v) is 1.47. The molecule has 0 saturated carbocycles. The van der Waals surface area contributed by atoms with Gasteiger partial charge in [-0.05, 0) is 13.1 Å². The number of nitrogens with one attached hydrogen (secondary N) is 1. The smallest absolute Gasteiger partial charge is 0.132 e. The molecule has 0 aliphatic carbocycles. The fraction of sp³-hybridized carbons (Fsp3) is 0.600. The Morgan fingerprint density at radius 3 is 2.43 bits per heavy atom. The van der Waals surface area contributed by atoms with Crippen molar-refractivity contribution in [3.63, 3.8) is 0 Å². The SMILES string of the molecule is C=C[SiH](CC)NC. The molecule has 0 amide bonds. The van der Waals surface area contributed by atoms with Gasteiger partial charge in [0, 0.05) is 0 Å². The Kier molecular flexibility index (Phi) is 4.04. The van der Waals surface area contributed by atoms with Crippen molar-refractivity contribution in [1.29, 1.82) is 0 Å². The van der Waals surface area contributed by atoms with Crippen LogP contribution in [0.3, 0.4) is 0 Å². The lowest BCUT2D eigenvalue weighted by atomic mass is 11.0. The normalized spacial score (nSPS) is 13.4. The van der Waals surface area contributed by atoms with Crippen LogP contribution >= 0.6 is 0 Å². The average Bonchev–Trinajstić information content (AvgIpc) is 1.72. The van der Waals surface area contributed by atoms with Gasteiger partial charge in [-0.1, -0.05) is 12.6 Å². The van der Waals surface area contributed by atoms with E-state index in [-0.39, 0.29) is 0 Å². The lowest BCUT2D eigenvalue weighted by Crippen LogP contribution is -2.26. The summed E-state index contributed by atoms with van der Waals surface area (Å²) < 4.78 is 0. The quantitative estimate of drug-likeness (QED) is 0.533. The van der Waals surface area contributed by atoms with Crippen molar-refractivity contribution in [3.8, 4) is 0 Å². The maximum Gasteiger partial charge on any atom is 0.132 e. The molecule has 0 spiro atoms. The first-order valence-electron chi connectivity index (χ1n) is 2.65. The first-order valence-corrected chi connectivity index (χ1v) is 4.71. The zero-order chi connectivity index (χ0) is 5.70. The number of rotatable bonds is 3. The summed E-state index contributed by atoms with van der Waals surface area (Å²) in [6.07, 6.45) is 0. The van der Waals surface area contributed by atoms with Crippen LogP contribution in [0.4, 0.5) is 0 Å². The van der Waals surface area contributed by atoms with Gasteiger partial charge in [-0.25, -0.2) is 0 Å². The molecular formula is C5H13NSi. The van der Waals surface area contributed by atoms with Gasteiger partial charge in [-0.15, -0.1) is 6.58 Å². The molecule has 1 nitrogen and oxygen atoms in total. The molecule has 0 radical (unpaired) electrons. The minimum Gasteiger partial charge on any atom is -0.339 e. The molecule has 1 N–H and O–H groups in total. The van der Waals surface area contributed by atoms with Gasteiger partial charge in [-0.2, -0.15) is 0 Å². The topological polar surface area (TPSA) is 12.0 Å². The molecule has 0 aliphatic heterocycles. The van der Waals surface area contributed by atoms with E-state index in [0.717, 1.165) is 0 Å². The maximum atomic E-state index is 3.70. The van der Waals surface area contributed by atoms with Gasteiger partial charge < -0.3 is 4.98 Å². The van der Waals surface area contributed by atoms with Crippen LogP contribution in [0.1, 0.15) is 6.92 Å². The summed E-state index contributed by atoms with van der Waals surface area (Å²) >= 11 is 0. The molecule has 0 aromatic heterocycles. The van der Waals surface area contributed by atoms with Crippen LogP contribution in [0.25, 0.3) is 0 Å². The van der Waals surface area contributed by atoms with Gasteiger partial charge in [0.1, 0.15) is 8.96 Å². The Bertz CT molecular complexity index is 50.0. The Morgan fingerprint density at radius 1 is 1.86 bits per heavy atom. The van der Waals surface area contributed by atoms with Gasteiger partial charge >= 0.3 is 0 Å². The molecule has 0 bridgehead atoms. The van der Waals surface area contributed by atoms with E-state index in [2.05, 4.69) is 24.2 Å². The van der Waals surface area contributed by atoms with Gasteiger partial charge in [0.05, 0.1) is 0 Å². The van der Waals surface area contributed by atoms with E-state index in [0.29, 0.717) is 0 Å². The van der Waals surface area contributed by atoms with E-state index in [1.54, 1.807) is 0 Å². The molecule has 1 atom stereocenters. The van der Waals surface area contributed by atoms with Crippen molar-refractivity contribution in [3.05, 3.63) is 12.3 Å². The highest BCUT2D eigenvalue weighted by atomic mass is 28.3. The average molecular weight is 115 g/mol. The molecule has 1 unspecified atom stereocenters. The molecule has 42 valence electrons. The highest BCUT2D eigenvalue weighted by Gasteiger charge is 1.94. The number of hydrogen-bond acceptors (Lipinski definition) is 1. The van der Waals surface area contributed by atoms with E-state index in [4.69, 9.17) is 0 Å². The second-order valence-corrected chi connectivity index (χ2v) is 4.62. The molecule has 0 rings (SSSR count). The molecule has 0 saturated heterocycles. The summed E-state index contributed by atoms with van der Waals surface area (Å²) in [5.74, 6) is 0. The zero-order valence-electron chi connectivity index (χ0n) is 5.07.